The van der Waals surface area contributed by atoms with Crippen LogP contribution in [0.2, 0.25) is 15.8 Å². The van der Waals surface area contributed by atoms with Crippen molar-refractivity contribution in [3.05, 3.63) is 77.3 Å². The zero-order valence-corrected chi connectivity index (χ0v) is 21.1. The van der Waals surface area contributed by atoms with Crippen molar-refractivity contribution in [1.82, 2.24) is 0 Å². The number of hydrogen-bond acceptors (Lipinski definition) is 2. The van der Waals surface area contributed by atoms with Gasteiger partial charge >= 0.3 is 175 Å². The standard InChI is InChI=1S/C24H35GeO2P/c1-6-25(7-2,8-3)27-24(28(26,9-4)10-5)23(21-17-13-11-14-18-21)22-19-15-12-16-20-22/h11-20H,6-10H2,1-5H3. The van der Waals surface area contributed by atoms with Gasteiger partial charge in [0.05, 0.1) is 0 Å². The summed E-state index contributed by atoms with van der Waals surface area (Å²) < 4.78 is 21.1. The van der Waals surface area contributed by atoms with Gasteiger partial charge in [-0.2, -0.15) is 0 Å². The first-order chi connectivity index (χ1) is 13.5. The van der Waals surface area contributed by atoms with E-state index in [-0.39, 0.29) is 0 Å². The van der Waals surface area contributed by atoms with Crippen molar-refractivity contribution < 1.29 is 8.33 Å². The average molecular weight is 459 g/mol. The summed E-state index contributed by atoms with van der Waals surface area (Å²) in [5, 5.41) is 3.25. The molecule has 0 radical (unpaired) electrons. The van der Waals surface area contributed by atoms with Crippen molar-refractivity contribution in [2.75, 3.05) is 12.3 Å². The Morgan fingerprint density at radius 3 is 1.46 bits per heavy atom. The summed E-state index contributed by atoms with van der Waals surface area (Å²) in [5.41, 5.74) is 4.00. The van der Waals surface area contributed by atoms with Crippen LogP contribution in [0.25, 0.3) is 5.57 Å². The molecule has 0 aliphatic carbocycles. The van der Waals surface area contributed by atoms with E-state index in [4.69, 9.17) is 3.76 Å². The SMILES string of the molecule is CCP(=O)(CC)C([O][Ge]([CH2]C)([CH2]C)[CH2]C)=C(c1ccccc1)c1ccccc1. The molecule has 28 heavy (non-hydrogen) atoms. The summed E-state index contributed by atoms with van der Waals surface area (Å²) in [4.78, 5) is 0. The zero-order valence-electron chi connectivity index (χ0n) is 18.1. The van der Waals surface area contributed by atoms with Crippen LogP contribution in [-0.4, -0.2) is 25.9 Å². The molecule has 4 heteroatoms. The van der Waals surface area contributed by atoms with Gasteiger partial charge in [-0.05, 0) is 0 Å². The topological polar surface area (TPSA) is 26.3 Å². The first-order valence-electron chi connectivity index (χ1n) is 10.6. The van der Waals surface area contributed by atoms with E-state index in [1.54, 1.807) is 0 Å². The van der Waals surface area contributed by atoms with Crippen molar-refractivity contribution in [2.45, 2.75) is 50.4 Å². The number of rotatable bonds is 10. The Morgan fingerprint density at radius 1 is 0.750 bits per heavy atom. The van der Waals surface area contributed by atoms with Gasteiger partial charge in [-0.1, -0.05) is 0 Å². The first-order valence-corrected chi connectivity index (χ1v) is 18.0. The Kier molecular flexibility index (Phi) is 8.64. The molecule has 2 rings (SSSR count). The van der Waals surface area contributed by atoms with Gasteiger partial charge in [0.1, 0.15) is 0 Å². The maximum atomic E-state index is 14.1. The normalized spacial score (nSPS) is 11.9. The summed E-state index contributed by atoms with van der Waals surface area (Å²) in [7, 11) is -2.61. The van der Waals surface area contributed by atoms with E-state index in [2.05, 4.69) is 45.0 Å². The molecule has 0 aliphatic heterocycles. The molecule has 2 nitrogen and oxygen atoms in total. The van der Waals surface area contributed by atoms with Crippen molar-refractivity contribution in [3.8, 4) is 0 Å². The third kappa shape index (κ3) is 5.02. The van der Waals surface area contributed by atoms with Gasteiger partial charge in [0, 0.05) is 0 Å². The van der Waals surface area contributed by atoms with Gasteiger partial charge < -0.3 is 0 Å². The zero-order chi connectivity index (χ0) is 20.6. The van der Waals surface area contributed by atoms with Gasteiger partial charge in [-0.15, -0.1) is 0 Å². The fraction of sp³-hybridized carbons (Fsp3) is 0.417. The summed E-state index contributed by atoms with van der Waals surface area (Å²) in [5.74, 6) is 0. The molecule has 0 aliphatic rings. The monoisotopic (exact) mass is 460 g/mol. The van der Waals surface area contributed by atoms with E-state index >= 15 is 0 Å². The van der Waals surface area contributed by atoms with Crippen molar-refractivity contribution >= 4 is 26.3 Å². The summed E-state index contributed by atoms with van der Waals surface area (Å²) >= 11 is -2.57. The van der Waals surface area contributed by atoms with E-state index < -0.39 is 20.7 Å². The van der Waals surface area contributed by atoms with Crippen LogP contribution in [0.4, 0.5) is 0 Å². The predicted octanol–water partition coefficient (Wildman–Crippen LogP) is 7.83. The molecule has 0 heterocycles. The molecule has 0 bridgehead atoms. The number of hydrogen-bond donors (Lipinski definition) is 0. The minimum atomic E-state index is -2.61. The first kappa shape index (κ1) is 23.0. The minimum absolute atomic E-state index is 0.636. The second-order valence-electron chi connectivity index (χ2n) is 7.28. The van der Waals surface area contributed by atoms with E-state index in [1.807, 2.05) is 50.2 Å². The van der Waals surface area contributed by atoms with Crippen LogP contribution >= 0.6 is 7.14 Å². The molecular formula is C24H35GeO2P. The van der Waals surface area contributed by atoms with Gasteiger partial charge in [-0.3, -0.25) is 0 Å². The molecule has 0 saturated heterocycles. The molecule has 0 amide bonds. The molecule has 152 valence electrons. The summed E-state index contributed by atoms with van der Waals surface area (Å²) in [6.45, 7) is 10.8. The van der Waals surface area contributed by atoms with Crippen LogP contribution < -0.4 is 0 Å². The van der Waals surface area contributed by atoms with Crippen LogP contribution in [0.1, 0.15) is 45.7 Å². The van der Waals surface area contributed by atoms with Crippen molar-refractivity contribution in [3.63, 3.8) is 0 Å². The molecule has 0 aromatic heterocycles. The molecule has 0 unspecified atom stereocenters. The Bertz CT molecular complexity index is 753. The Balaban J connectivity index is 2.86. The summed E-state index contributed by atoms with van der Waals surface area (Å²) in [6.07, 6.45) is 1.27. The van der Waals surface area contributed by atoms with E-state index in [0.717, 1.165) is 38.0 Å². The van der Waals surface area contributed by atoms with E-state index in [9.17, 15) is 4.57 Å². The predicted molar refractivity (Wildman–Crippen MR) is 126 cm³/mol. The maximum absolute atomic E-state index is 14.1. The average Bonchev–Trinajstić information content (AvgIpc) is 2.77. The fourth-order valence-corrected chi connectivity index (χ4v) is 12.7. The van der Waals surface area contributed by atoms with Gasteiger partial charge in [0.25, 0.3) is 0 Å². The molecule has 0 saturated carbocycles. The fourth-order valence-electron chi connectivity index (χ4n) is 3.64. The third-order valence-electron chi connectivity index (χ3n) is 5.98. The van der Waals surface area contributed by atoms with Crippen molar-refractivity contribution in [1.29, 1.82) is 0 Å². The quantitative estimate of drug-likeness (QED) is 0.206. The molecule has 2 aromatic carbocycles. The molecule has 2 aromatic rings. The van der Waals surface area contributed by atoms with Crippen molar-refractivity contribution in [2.24, 2.45) is 0 Å². The summed E-state index contributed by atoms with van der Waals surface area (Å²) in [6, 6.07) is 20.7. The Morgan fingerprint density at radius 2 is 1.14 bits per heavy atom. The van der Waals surface area contributed by atoms with Crippen LogP contribution in [-0.2, 0) is 8.33 Å². The molecular weight excluding hydrogens is 424 g/mol. The second-order valence-corrected chi connectivity index (χ2v) is 20.6. The molecule has 0 atom stereocenters. The molecule has 0 fully saturated rings. The van der Waals surface area contributed by atoms with E-state index in [0.29, 0.717) is 12.3 Å². The van der Waals surface area contributed by atoms with Gasteiger partial charge in [-0.25, -0.2) is 0 Å². The van der Waals surface area contributed by atoms with Gasteiger partial charge in [0.15, 0.2) is 0 Å². The Labute approximate surface area is 174 Å². The second kappa shape index (κ2) is 10.5. The number of benzene rings is 2. The Hall–Kier alpha value is -1.25. The van der Waals surface area contributed by atoms with Crippen LogP contribution in [0, 0.1) is 0 Å². The van der Waals surface area contributed by atoms with Crippen LogP contribution in [0.15, 0.2) is 66.2 Å². The van der Waals surface area contributed by atoms with Crippen LogP contribution in [0.5, 0.6) is 0 Å². The van der Waals surface area contributed by atoms with E-state index in [1.165, 1.54) is 0 Å². The van der Waals surface area contributed by atoms with Gasteiger partial charge in [0.2, 0.25) is 0 Å². The van der Waals surface area contributed by atoms with Crippen LogP contribution in [0.3, 0.4) is 0 Å². The third-order valence-corrected chi connectivity index (χ3v) is 18.9. The molecule has 0 N–H and O–H groups in total. The molecule has 0 spiro atoms.